The molecule has 0 aromatic carbocycles. The van der Waals surface area contributed by atoms with Crippen LogP contribution < -0.4 is 10.6 Å². The molecule has 58 heavy (non-hydrogen) atoms. The molecule has 7 N–H and O–H groups in total. The molecule has 0 radical (unpaired) electrons. The fraction of sp³-hybridized carbons (Fsp3) is 0.469. The van der Waals surface area contributed by atoms with Crippen LogP contribution in [0, 0.1) is 13.8 Å². The van der Waals surface area contributed by atoms with Crippen molar-refractivity contribution >= 4 is 30.2 Å². The molecule has 0 saturated heterocycles. The van der Waals surface area contributed by atoms with Gasteiger partial charge < -0.3 is 35.9 Å². The molecule has 3 atom stereocenters. The van der Waals surface area contributed by atoms with Gasteiger partial charge in [0.15, 0.2) is 0 Å². The maximum Gasteiger partial charge on any atom is 0.303 e. The number of carboxylic acid groups (broad SMARTS) is 2. The number of aliphatic hydroxyl groups excluding tert-OH is 1. The van der Waals surface area contributed by atoms with Crippen LogP contribution in [0.1, 0.15) is 144 Å². The van der Waals surface area contributed by atoms with E-state index in [0.717, 1.165) is 111 Å². The third-order valence-electron chi connectivity index (χ3n) is 12.3. The fourth-order valence-electron chi connectivity index (χ4n) is 8.78. The van der Waals surface area contributed by atoms with Crippen LogP contribution in [-0.2, 0) is 28.9 Å². The Morgan fingerprint density at radius 2 is 1.31 bits per heavy atom. The molecule has 0 aliphatic carbocycles. The lowest BCUT2D eigenvalue weighted by Crippen LogP contribution is -2.26. The zero-order valence-electron chi connectivity index (χ0n) is 36.0. The number of allylic oxidation sites excluding steroid dienone is 7. The molecule has 5 rings (SSSR count). The van der Waals surface area contributed by atoms with Crippen molar-refractivity contribution in [2.75, 3.05) is 0 Å². The van der Waals surface area contributed by atoms with E-state index in [1.165, 1.54) is 16.7 Å². The van der Waals surface area contributed by atoms with Gasteiger partial charge in [0, 0.05) is 65.4 Å². The van der Waals surface area contributed by atoms with Gasteiger partial charge in [0.2, 0.25) is 0 Å². The molecule has 9 heteroatoms. The average Bonchev–Trinajstić information content (AvgIpc) is 3.82. The average molecular weight is 791 g/mol. The number of aliphatic carboxylic acids is 2. The number of aromatic amines is 2. The van der Waals surface area contributed by atoms with Gasteiger partial charge in [-0.15, -0.1) is 0 Å². The summed E-state index contributed by atoms with van der Waals surface area (Å²) in [4.78, 5) is 30.9. The van der Waals surface area contributed by atoms with Gasteiger partial charge in [0.1, 0.15) is 0 Å². The van der Waals surface area contributed by atoms with Gasteiger partial charge in [-0.05, 0) is 158 Å². The summed E-state index contributed by atoms with van der Waals surface area (Å²) in [6, 6.07) is -0.190. The van der Waals surface area contributed by atoms with Gasteiger partial charge >= 0.3 is 11.9 Å². The second-order valence-electron chi connectivity index (χ2n) is 16.9. The quantitative estimate of drug-likeness (QED) is 0.0789. The Balaban J connectivity index is 1.49. The Kier molecular flexibility index (Phi) is 14.9. The number of carboxylic acids is 2. The van der Waals surface area contributed by atoms with Gasteiger partial charge in [-0.25, -0.2) is 0 Å². The summed E-state index contributed by atoms with van der Waals surface area (Å²) in [5.74, 6) is -1.71. The van der Waals surface area contributed by atoms with Crippen LogP contribution >= 0.6 is 0 Å². The lowest BCUT2D eigenvalue weighted by atomic mass is 9.94. The smallest absolute Gasteiger partial charge is 0.303 e. The molecule has 8 bridgehead atoms. The molecule has 3 aliphatic rings. The van der Waals surface area contributed by atoms with Crippen LogP contribution in [0.5, 0.6) is 0 Å². The van der Waals surface area contributed by atoms with Crippen molar-refractivity contribution in [1.82, 2.24) is 20.6 Å². The van der Waals surface area contributed by atoms with Crippen LogP contribution in [0.2, 0.25) is 0 Å². The molecule has 0 spiro atoms. The molecule has 312 valence electrons. The van der Waals surface area contributed by atoms with Gasteiger partial charge in [-0.2, -0.15) is 0 Å². The van der Waals surface area contributed by atoms with Crippen molar-refractivity contribution in [3.63, 3.8) is 0 Å². The molecule has 3 aliphatic heterocycles. The molecular weight excluding hydrogens is 725 g/mol. The predicted octanol–water partition coefficient (Wildman–Crippen LogP) is 10.1. The number of H-pyrrole nitrogens is 2. The summed E-state index contributed by atoms with van der Waals surface area (Å²) in [5, 5.41) is 38.7. The number of aliphatic hydroxyl groups is 1. The lowest BCUT2D eigenvalue weighted by Gasteiger charge is -2.15. The third kappa shape index (κ3) is 10.7. The zero-order chi connectivity index (χ0) is 42.3. The molecule has 2 aromatic rings. The number of hydrogen-bond donors (Lipinski definition) is 7. The number of aromatic nitrogens is 2. The molecule has 2 unspecified atom stereocenters. The van der Waals surface area contributed by atoms with Crippen molar-refractivity contribution in [2.45, 2.75) is 151 Å². The Labute approximate surface area is 345 Å². The first kappa shape index (κ1) is 44.1. The van der Waals surface area contributed by atoms with Gasteiger partial charge in [0.25, 0.3) is 0 Å². The normalized spacial score (nSPS) is 20.6. The highest BCUT2D eigenvalue weighted by Gasteiger charge is 2.33. The molecule has 0 amide bonds. The van der Waals surface area contributed by atoms with E-state index < -0.39 is 18.0 Å². The minimum atomic E-state index is -0.859. The zero-order valence-corrected chi connectivity index (χ0v) is 36.0. The SMILES string of the molecule is C=Cc1c2[nH]c(c1C)/C=C1\NC(Cc3[nH]c(c(CCC(=O)O)c3C)/C=C3\NC(C2)C(C)=C3CCC(=O)O)C(C)=C1[C@@H](O)CC/C=C(\C)CC/C=C(\C)CCC=C(C)C. The number of rotatable bonds is 17. The fourth-order valence-corrected chi connectivity index (χ4v) is 8.78. The Bertz CT molecular complexity index is 2120. The summed E-state index contributed by atoms with van der Waals surface area (Å²) in [6.45, 7) is 21.2. The van der Waals surface area contributed by atoms with E-state index in [-0.39, 0.29) is 24.9 Å². The first-order valence-corrected chi connectivity index (χ1v) is 21.1. The maximum absolute atomic E-state index is 11.9. The Morgan fingerprint density at radius 1 is 0.741 bits per heavy atom. The van der Waals surface area contributed by atoms with Gasteiger partial charge in [-0.3, -0.25) is 9.59 Å². The highest BCUT2D eigenvalue weighted by atomic mass is 16.4. The van der Waals surface area contributed by atoms with Gasteiger partial charge in [0.05, 0.1) is 18.2 Å². The minimum absolute atomic E-state index is 0.00554. The first-order chi connectivity index (χ1) is 27.6. The van der Waals surface area contributed by atoms with E-state index in [4.69, 9.17) is 0 Å². The third-order valence-corrected chi connectivity index (χ3v) is 12.3. The van der Waals surface area contributed by atoms with Crippen LogP contribution in [0.15, 0.2) is 75.2 Å². The number of nitrogens with one attached hydrogen (secondary N) is 4. The van der Waals surface area contributed by atoms with Crippen LogP contribution in [0.4, 0.5) is 0 Å². The van der Waals surface area contributed by atoms with Crippen molar-refractivity contribution in [3.8, 4) is 0 Å². The highest BCUT2D eigenvalue weighted by molar-refractivity contribution is 5.72. The highest BCUT2D eigenvalue weighted by Crippen LogP contribution is 2.37. The lowest BCUT2D eigenvalue weighted by molar-refractivity contribution is -0.138. The summed E-state index contributed by atoms with van der Waals surface area (Å²) in [7, 11) is 0. The first-order valence-electron chi connectivity index (χ1n) is 21.1. The van der Waals surface area contributed by atoms with E-state index in [2.05, 4.69) is 100.0 Å². The summed E-state index contributed by atoms with van der Waals surface area (Å²) >= 11 is 0. The topological polar surface area (TPSA) is 150 Å². The molecule has 5 heterocycles. The largest absolute Gasteiger partial charge is 0.481 e. The Hall–Kier alpha value is -5.02. The molecule has 0 fully saturated rings. The standard InChI is InChI=1S/C49H66N4O5/c1-10-35-31(6)40-26-45-49(46(54)19-13-18-30(5)17-12-16-29(4)15-11-14-28(2)3)34(9)41(53-45)24-38-32(7)36(20-22-47(55)56)43(51-38)27-44-37(21-23-48(57)58)33(8)39(52-44)25-42(35)50-40/h10,14,16,18,26-27,39,41,46,50-54H,1,11-13,15,17,19-25H2,2-9H3,(H,55,56)(H,57,58)/b29-16+,30-18+,44-27-,45-26-/t39?,41?,46-/m0/s1. The summed E-state index contributed by atoms with van der Waals surface area (Å²) in [5.41, 5.74) is 17.8. The predicted molar refractivity (Wildman–Crippen MR) is 237 cm³/mol. The molecule has 9 nitrogen and oxygen atoms in total. The van der Waals surface area contributed by atoms with E-state index >= 15 is 0 Å². The van der Waals surface area contributed by atoms with Gasteiger partial charge in [-0.1, -0.05) is 47.6 Å². The molecular formula is C49H66N4O5. The van der Waals surface area contributed by atoms with Crippen LogP contribution in [0.3, 0.4) is 0 Å². The van der Waals surface area contributed by atoms with E-state index in [1.807, 2.05) is 19.1 Å². The van der Waals surface area contributed by atoms with Crippen LogP contribution in [-0.4, -0.2) is 55.4 Å². The number of hydrogen-bond acceptors (Lipinski definition) is 5. The van der Waals surface area contributed by atoms with Crippen molar-refractivity contribution in [2.24, 2.45) is 0 Å². The van der Waals surface area contributed by atoms with Crippen molar-refractivity contribution in [3.05, 3.63) is 120 Å². The second kappa shape index (κ2) is 19.6. The van der Waals surface area contributed by atoms with Crippen molar-refractivity contribution in [1.29, 1.82) is 0 Å². The number of fused-ring (bicyclic) bond motifs is 8. The van der Waals surface area contributed by atoms with E-state index in [9.17, 15) is 24.9 Å². The van der Waals surface area contributed by atoms with Crippen LogP contribution in [0.25, 0.3) is 18.2 Å². The monoisotopic (exact) mass is 791 g/mol. The molecule has 0 saturated carbocycles. The Morgan fingerprint density at radius 3 is 1.97 bits per heavy atom. The van der Waals surface area contributed by atoms with E-state index in [0.29, 0.717) is 32.1 Å². The molecule has 2 aromatic heterocycles. The second-order valence-corrected chi connectivity index (χ2v) is 16.9. The van der Waals surface area contributed by atoms with Crippen molar-refractivity contribution < 1.29 is 24.9 Å². The summed E-state index contributed by atoms with van der Waals surface area (Å²) < 4.78 is 0. The maximum atomic E-state index is 11.9. The number of carbonyl (C=O) groups is 2. The van der Waals surface area contributed by atoms with E-state index in [1.54, 1.807) is 0 Å². The minimum Gasteiger partial charge on any atom is -0.481 e. The summed E-state index contributed by atoms with van der Waals surface area (Å²) in [6.07, 6.45) is 19.9.